The normalized spacial score (nSPS) is 14.1. The summed E-state index contributed by atoms with van der Waals surface area (Å²) in [5.41, 5.74) is -0.273. The third kappa shape index (κ3) is 2.40. The van der Waals surface area contributed by atoms with Gasteiger partial charge >= 0.3 is 12.3 Å². The number of rotatable bonds is 3. The van der Waals surface area contributed by atoms with E-state index in [-0.39, 0.29) is 10.9 Å². The van der Waals surface area contributed by atoms with E-state index < -0.39 is 18.5 Å². The lowest BCUT2D eigenvalue weighted by Gasteiger charge is -2.23. The number of hydrogen-bond donors (Lipinski definition) is 1. The molecule has 102 valence electrons. The van der Waals surface area contributed by atoms with Crippen LogP contribution in [0.5, 0.6) is 0 Å². The highest BCUT2D eigenvalue weighted by Crippen LogP contribution is 2.40. The molecule has 1 nitrogen and oxygen atoms in total. The van der Waals surface area contributed by atoms with Crippen LogP contribution < -0.4 is 0 Å². The van der Waals surface area contributed by atoms with Crippen LogP contribution in [0.15, 0.2) is 36.4 Å². The zero-order chi connectivity index (χ0) is 14.2. The Balaban J connectivity index is 2.61. The molecule has 0 spiro atoms. The van der Waals surface area contributed by atoms with Crippen molar-refractivity contribution >= 4 is 22.4 Å². The molecule has 0 amide bonds. The number of benzene rings is 2. The van der Waals surface area contributed by atoms with E-state index in [4.69, 9.17) is 11.6 Å². The minimum atomic E-state index is -4.52. The van der Waals surface area contributed by atoms with Crippen molar-refractivity contribution < 1.29 is 22.7 Å². The Morgan fingerprint density at radius 3 is 2.16 bits per heavy atom. The van der Waals surface area contributed by atoms with E-state index in [2.05, 4.69) is 0 Å². The fourth-order valence-corrected chi connectivity index (χ4v) is 2.08. The zero-order valence-corrected chi connectivity index (χ0v) is 10.2. The number of hydrogen-bond acceptors (Lipinski definition) is 1. The van der Waals surface area contributed by atoms with Crippen molar-refractivity contribution in [3.63, 3.8) is 0 Å². The van der Waals surface area contributed by atoms with Gasteiger partial charge in [0.2, 0.25) is 0 Å². The van der Waals surface area contributed by atoms with Crippen LogP contribution in [0.4, 0.5) is 17.6 Å². The van der Waals surface area contributed by atoms with Gasteiger partial charge < -0.3 is 5.11 Å². The maximum atomic E-state index is 13.2. The van der Waals surface area contributed by atoms with Gasteiger partial charge in [-0.15, -0.1) is 0 Å². The van der Waals surface area contributed by atoms with Crippen LogP contribution in [0.1, 0.15) is 11.7 Å². The number of halogens is 5. The van der Waals surface area contributed by atoms with Gasteiger partial charge in [0.05, 0.1) is 0 Å². The first-order valence-electron chi connectivity index (χ1n) is 5.37. The highest BCUT2D eigenvalue weighted by Gasteiger charge is 2.49. The van der Waals surface area contributed by atoms with Gasteiger partial charge in [0, 0.05) is 10.4 Å². The lowest BCUT2D eigenvalue weighted by molar-refractivity contribution is -0.193. The molecule has 0 radical (unpaired) electrons. The number of aliphatic hydroxyl groups is 1. The molecule has 6 heteroatoms. The van der Waals surface area contributed by atoms with Crippen molar-refractivity contribution in [1.29, 1.82) is 0 Å². The van der Waals surface area contributed by atoms with E-state index in [1.54, 1.807) is 18.2 Å². The second-order valence-electron chi connectivity index (χ2n) is 4.06. The maximum Gasteiger partial charge on any atom is 0.336 e. The second kappa shape index (κ2) is 4.98. The average molecular weight is 293 g/mol. The summed E-state index contributed by atoms with van der Waals surface area (Å²) in [6.07, 6.45) is -6.54. The van der Waals surface area contributed by atoms with Crippen molar-refractivity contribution in [2.45, 2.75) is 18.5 Å². The molecule has 0 bridgehead atoms. The zero-order valence-electron chi connectivity index (χ0n) is 9.46. The van der Waals surface area contributed by atoms with Gasteiger partial charge in [0.25, 0.3) is 0 Å². The van der Waals surface area contributed by atoms with Crippen LogP contribution in [0.3, 0.4) is 0 Å². The van der Waals surface area contributed by atoms with Crippen molar-refractivity contribution in [3.8, 4) is 0 Å². The second-order valence-corrected chi connectivity index (χ2v) is 4.47. The summed E-state index contributed by atoms with van der Waals surface area (Å²) in [6.45, 7) is 0. The van der Waals surface area contributed by atoms with Gasteiger partial charge in [-0.25, -0.2) is 8.78 Å². The molecule has 1 unspecified atom stereocenters. The standard InChI is InChI=1S/C13H9ClF4O/c14-10-6-5-9(7-3-1-2-4-8(7)10)11(19)13(17,18)12(15)16/h1-6,11-12,19H. The summed E-state index contributed by atoms with van der Waals surface area (Å²) in [5, 5.41) is 10.5. The Bertz CT molecular complexity index is 600. The molecule has 0 heterocycles. The fourth-order valence-electron chi connectivity index (χ4n) is 1.85. The van der Waals surface area contributed by atoms with Crippen LogP contribution in [-0.2, 0) is 0 Å². The van der Waals surface area contributed by atoms with Crippen molar-refractivity contribution in [3.05, 3.63) is 47.0 Å². The predicted molar refractivity (Wildman–Crippen MR) is 64.9 cm³/mol. The Hall–Kier alpha value is -1.33. The molecule has 2 aromatic rings. The molecular weight excluding hydrogens is 284 g/mol. The van der Waals surface area contributed by atoms with Gasteiger partial charge in [-0.1, -0.05) is 41.9 Å². The number of alkyl halides is 4. The molecule has 19 heavy (non-hydrogen) atoms. The Morgan fingerprint density at radius 1 is 1.00 bits per heavy atom. The summed E-state index contributed by atoms with van der Waals surface area (Å²) in [4.78, 5) is 0. The minimum absolute atomic E-state index is 0.225. The third-order valence-electron chi connectivity index (χ3n) is 2.85. The Labute approximate surface area is 111 Å². The fraction of sp³-hybridized carbons (Fsp3) is 0.231. The first-order valence-corrected chi connectivity index (χ1v) is 5.74. The van der Waals surface area contributed by atoms with E-state index in [9.17, 15) is 22.7 Å². The summed E-state index contributed by atoms with van der Waals surface area (Å²) < 4.78 is 51.0. The lowest BCUT2D eigenvalue weighted by atomic mass is 9.97. The molecule has 2 aromatic carbocycles. The van der Waals surface area contributed by atoms with Gasteiger partial charge in [-0.3, -0.25) is 0 Å². The number of aliphatic hydroxyl groups excluding tert-OH is 1. The smallest absolute Gasteiger partial charge is 0.336 e. The van der Waals surface area contributed by atoms with Gasteiger partial charge in [-0.2, -0.15) is 8.78 Å². The molecule has 1 atom stereocenters. The average Bonchev–Trinajstić information content (AvgIpc) is 2.38. The molecule has 0 aliphatic carbocycles. The quantitative estimate of drug-likeness (QED) is 0.830. The third-order valence-corrected chi connectivity index (χ3v) is 3.18. The van der Waals surface area contributed by atoms with E-state index in [0.29, 0.717) is 10.4 Å². The highest BCUT2D eigenvalue weighted by atomic mass is 35.5. The molecular formula is C13H9ClF4O. The molecule has 2 rings (SSSR count). The Kier molecular flexibility index (Phi) is 3.69. The summed E-state index contributed by atoms with van der Waals surface area (Å²) in [6, 6.07) is 8.62. The van der Waals surface area contributed by atoms with E-state index in [1.807, 2.05) is 0 Å². The van der Waals surface area contributed by atoms with Crippen LogP contribution in [-0.4, -0.2) is 17.5 Å². The minimum Gasteiger partial charge on any atom is -0.382 e. The van der Waals surface area contributed by atoms with E-state index in [0.717, 1.165) is 6.07 Å². The van der Waals surface area contributed by atoms with Crippen molar-refractivity contribution in [2.75, 3.05) is 0 Å². The first kappa shape index (κ1) is 14.1. The van der Waals surface area contributed by atoms with E-state index >= 15 is 0 Å². The molecule has 0 aliphatic heterocycles. The summed E-state index contributed by atoms with van der Waals surface area (Å²) in [7, 11) is 0. The largest absolute Gasteiger partial charge is 0.382 e. The topological polar surface area (TPSA) is 20.2 Å². The Morgan fingerprint density at radius 2 is 1.58 bits per heavy atom. The SMILES string of the molecule is OC(c1ccc(Cl)c2ccccc12)C(F)(F)C(F)F. The lowest BCUT2D eigenvalue weighted by Crippen LogP contribution is -2.34. The van der Waals surface area contributed by atoms with Crippen molar-refractivity contribution in [2.24, 2.45) is 0 Å². The van der Waals surface area contributed by atoms with Crippen LogP contribution in [0.25, 0.3) is 10.8 Å². The molecule has 1 N–H and O–H groups in total. The molecule has 0 fully saturated rings. The van der Waals surface area contributed by atoms with Gasteiger partial charge in [0.1, 0.15) is 6.10 Å². The molecule has 0 aromatic heterocycles. The first-order chi connectivity index (χ1) is 8.85. The van der Waals surface area contributed by atoms with E-state index in [1.165, 1.54) is 12.1 Å². The predicted octanol–water partition coefficient (Wildman–Crippen LogP) is 4.43. The molecule has 0 saturated heterocycles. The summed E-state index contributed by atoms with van der Waals surface area (Å²) >= 11 is 5.89. The number of fused-ring (bicyclic) bond motifs is 1. The van der Waals surface area contributed by atoms with Gasteiger partial charge in [-0.05, 0) is 17.0 Å². The molecule has 0 saturated carbocycles. The van der Waals surface area contributed by atoms with Crippen LogP contribution >= 0.6 is 11.6 Å². The van der Waals surface area contributed by atoms with Gasteiger partial charge in [0.15, 0.2) is 0 Å². The monoisotopic (exact) mass is 292 g/mol. The van der Waals surface area contributed by atoms with Crippen LogP contribution in [0.2, 0.25) is 5.02 Å². The molecule has 0 aliphatic rings. The maximum absolute atomic E-state index is 13.2. The van der Waals surface area contributed by atoms with Crippen LogP contribution in [0, 0.1) is 0 Å². The summed E-state index contributed by atoms with van der Waals surface area (Å²) in [5.74, 6) is -4.52. The highest BCUT2D eigenvalue weighted by molar-refractivity contribution is 6.35. The van der Waals surface area contributed by atoms with Crippen molar-refractivity contribution in [1.82, 2.24) is 0 Å².